The van der Waals surface area contributed by atoms with E-state index in [1.54, 1.807) is 13.8 Å². The Kier molecular flexibility index (Phi) is 4.91. The summed E-state index contributed by atoms with van der Waals surface area (Å²) in [5.41, 5.74) is -0.285. The summed E-state index contributed by atoms with van der Waals surface area (Å²) in [6.45, 7) is 4.71. The molecule has 7 heteroatoms. The molecule has 0 amide bonds. The van der Waals surface area contributed by atoms with E-state index in [0.717, 1.165) is 12.1 Å². The van der Waals surface area contributed by atoms with E-state index in [0.29, 0.717) is 11.4 Å². The highest BCUT2D eigenvalue weighted by molar-refractivity contribution is 5.94. The Morgan fingerprint density at radius 3 is 2.46 bits per heavy atom. The first-order valence-electron chi connectivity index (χ1n) is 7.37. The first kappa shape index (κ1) is 17.9. The van der Waals surface area contributed by atoms with Crippen molar-refractivity contribution < 1.29 is 18.0 Å². The van der Waals surface area contributed by atoms with Crippen LogP contribution in [0.3, 0.4) is 0 Å². The summed E-state index contributed by atoms with van der Waals surface area (Å²) in [4.78, 5) is 30.1. The van der Waals surface area contributed by atoms with Crippen LogP contribution in [-0.2, 0) is 6.18 Å². The van der Waals surface area contributed by atoms with Crippen LogP contribution in [0.25, 0.3) is 0 Å². The van der Waals surface area contributed by atoms with E-state index >= 15 is 0 Å². The molecule has 0 bridgehead atoms. The summed E-state index contributed by atoms with van der Waals surface area (Å²) >= 11 is 0. The van der Waals surface area contributed by atoms with Gasteiger partial charge in [-0.3, -0.25) is 9.59 Å². The SMILES string of the molecule is Cc1nc(C(=O)C[C@H](C)c2ccc(C(F)(F)F)c(C)c2)cc(=O)[nH]1. The third kappa shape index (κ3) is 4.10. The predicted molar refractivity (Wildman–Crippen MR) is 83.1 cm³/mol. The fourth-order valence-electron chi connectivity index (χ4n) is 2.53. The van der Waals surface area contributed by atoms with Crippen LogP contribution in [0.15, 0.2) is 29.1 Å². The quantitative estimate of drug-likeness (QED) is 0.863. The van der Waals surface area contributed by atoms with Crippen molar-refractivity contribution in [2.75, 3.05) is 0 Å². The number of alkyl halides is 3. The van der Waals surface area contributed by atoms with Crippen molar-refractivity contribution >= 4 is 5.78 Å². The Hall–Kier alpha value is -2.44. The number of aromatic nitrogens is 2. The average Bonchev–Trinajstić information content (AvgIpc) is 2.44. The van der Waals surface area contributed by atoms with E-state index in [1.165, 1.54) is 19.1 Å². The second-order valence-electron chi connectivity index (χ2n) is 5.82. The Morgan fingerprint density at radius 2 is 1.92 bits per heavy atom. The number of hydrogen-bond donors (Lipinski definition) is 1. The molecular formula is C17H17F3N2O2. The standard InChI is InChI=1S/C17H17F3N2O2/c1-9(7-15(23)14-8-16(24)22-11(3)21-14)12-4-5-13(10(2)6-12)17(18,19)20/h4-6,8-9H,7H2,1-3H3,(H,21,22,24)/t9-/m0/s1. The molecule has 1 atom stereocenters. The average molecular weight is 338 g/mol. The van der Waals surface area contributed by atoms with Crippen LogP contribution in [0.1, 0.15) is 52.3 Å². The molecule has 0 aliphatic rings. The van der Waals surface area contributed by atoms with Crippen LogP contribution in [0.5, 0.6) is 0 Å². The third-order valence-electron chi connectivity index (χ3n) is 3.76. The summed E-state index contributed by atoms with van der Waals surface area (Å²) in [7, 11) is 0. The fraction of sp³-hybridized carbons (Fsp3) is 0.353. The largest absolute Gasteiger partial charge is 0.416 e. The van der Waals surface area contributed by atoms with Gasteiger partial charge >= 0.3 is 6.18 Å². The summed E-state index contributed by atoms with van der Waals surface area (Å²) in [5.74, 6) is -0.280. The molecule has 0 aliphatic carbocycles. The van der Waals surface area contributed by atoms with Crippen molar-refractivity contribution in [1.82, 2.24) is 9.97 Å². The summed E-state index contributed by atoms with van der Waals surface area (Å²) < 4.78 is 38.4. The topological polar surface area (TPSA) is 62.8 Å². The first-order chi connectivity index (χ1) is 11.1. The second-order valence-corrected chi connectivity index (χ2v) is 5.82. The number of aromatic amines is 1. The minimum absolute atomic E-state index is 0.0562. The minimum atomic E-state index is -4.39. The van der Waals surface area contributed by atoms with Gasteiger partial charge in [-0.05, 0) is 37.0 Å². The highest BCUT2D eigenvalue weighted by Gasteiger charge is 2.32. The molecule has 128 valence electrons. The number of nitrogens with zero attached hydrogens (tertiary/aromatic N) is 1. The molecule has 2 rings (SSSR count). The molecule has 1 N–H and O–H groups in total. The van der Waals surface area contributed by atoms with Crippen molar-refractivity contribution in [2.45, 2.75) is 39.3 Å². The molecule has 0 saturated heterocycles. The van der Waals surface area contributed by atoms with Crippen molar-refractivity contribution in [1.29, 1.82) is 0 Å². The molecule has 24 heavy (non-hydrogen) atoms. The van der Waals surface area contributed by atoms with E-state index < -0.39 is 17.3 Å². The molecule has 0 aliphatic heterocycles. The van der Waals surface area contributed by atoms with Crippen LogP contribution in [-0.4, -0.2) is 15.8 Å². The number of carbonyl (C=O) groups is 1. The van der Waals surface area contributed by atoms with Gasteiger partial charge in [0.1, 0.15) is 11.5 Å². The van der Waals surface area contributed by atoms with Crippen LogP contribution >= 0.6 is 0 Å². The second kappa shape index (κ2) is 6.59. The van der Waals surface area contributed by atoms with Crippen molar-refractivity contribution in [2.24, 2.45) is 0 Å². The first-order valence-corrected chi connectivity index (χ1v) is 7.37. The van der Waals surface area contributed by atoms with Gasteiger partial charge in [0.2, 0.25) is 0 Å². The van der Waals surface area contributed by atoms with E-state index in [9.17, 15) is 22.8 Å². The molecule has 1 heterocycles. The number of benzene rings is 1. The smallest absolute Gasteiger partial charge is 0.311 e. The molecule has 0 spiro atoms. The van der Waals surface area contributed by atoms with Gasteiger partial charge in [0, 0.05) is 12.5 Å². The van der Waals surface area contributed by atoms with Gasteiger partial charge in [0.25, 0.3) is 5.56 Å². The lowest BCUT2D eigenvalue weighted by molar-refractivity contribution is -0.138. The third-order valence-corrected chi connectivity index (χ3v) is 3.76. The van der Waals surface area contributed by atoms with E-state index in [-0.39, 0.29) is 29.4 Å². The number of H-pyrrole nitrogens is 1. The normalized spacial score (nSPS) is 12.9. The lowest BCUT2D eigenvalue weighted by Crippen LogP contribution is -2.15. The maximum Gasteiger partial charge on any atom is 0.416 e. The molecule has 0 unspecified atom stereocenters. The van der Waals surface area contributed by atoms with Gasteiger partial charge in [-0.2, -0.15) is 13.2 Å². The van der Waals surface area contributed by atoms with Gasteiger partial charge in [-0.15, -0.1) is 0 Å². The zero-order valence-corrected chi connectivity index (χ0v) is 13.5. The number of Topliss-reactive ketones (excluding diaryl/α,β-unsaturated/α-hetero) is 1. The van der Waals surface area contributed by atoms with Crippen molar-refractivity contribution in [3.63, 3.8) is 0 Å². The van der Waals surface area contributed by atoms with Crippen LogP contribution in [0.4, 0.5) is 13.2 Å². The van der Waals surface area contributed by atoms with Crippen LogP contribution in [0, 0.1) is 13.8 Å². The lowest BCUT2D eigenvalue weighted by atomic mass is 9.92. The molecule has 0 saturated carbocycles. The number of hydrogen-bond acceptors (Lipinski definition) is 3. The zero-order valence-electron chi connectivity index (χ0n) is 13.5. The van der Waals surface area contributed by atoms with Crippen molar-refractivity contribution in [3.8, 4) is 0 Å². The van der Waals surface area contributed by atoms with Gasteiger partial charge < -0.3 is 4.98 Å². The van der Waals surface area contributed by atoms with E-state index in [4.69, 9.17) is 0 Å². The van der Waals surface area contributed by atoms with Gasteiger partial charge in [0.15, 0.2) is 5.78 Å². The number of aryl methyl sites for hydroxylation is 2. The molecule has 4 nitrogen and oxygen atoms in total. The lowest BCUT2D eigenvalue weighted by Gasteiger charge is -2.15. The molecule has 0 fully saturated rings. The van der Waals surface area contributed by atoms with Gasteiger partial charge in [-0.25, -0.2) is 4.98 Å². The van der Waals surface area contributed by atoms with E-state index in [1.807, 2.05) is 0 Å². The highest BCUT2D eigenvalue weighted by atomic mass is 19.4. The van der Waals surface area contributed by atoms with Crippen LogP contribution in [0.2, 0.25) is 0 Å². The number of carbonyl (C=O) groups excluding carboxylic acids is 1. The summed E-state index contributed by atoms with van der Waals surface area (Å²) in [5, 5.41) is 0. The van der Waals surface area contributed by atoms with Crippen LogP contribution < -0.4 is 5.56 Å². The Morgan fingerprint density at radius 1 is 1.25 bits per heavy atom. The maximum absolute atomic E-state index is 12.8. The Balaban J connectivity index is 2.20. The Labute approximate surface area is 136 Å². The zero-order chi connectivity index (χ0) is 18.1. The summed E-state index contributed by atoms with van der Waals surface area (Å²) in [6.07, 6.45) is -4.34. The predicted octanol–water partition coefficient (Wildman–Crippen LogP) is 3.78. The minimum Gasteiger partial charge on any atom is -0.311 e. The maximum atomic E-state index is 12.8. The number of halogens is 3. The monoisotopic (exact) mass is 338 g/mol. The van der Waals surface area contributed by atoms with Gasteiger partial charge in [-0.1, -0.05) is 19.1 Å². The van der Waals surface area contributed by atoms with Crippen molar-refractivity contribution in [3.05, 3.63) is 62.8 Å². The summed E-state index contributed by atoms with van der Waals surface area (Å²) in [6, 6.07) is 4.98. The van der Waals surface area contributed by atoms with Gasteiger partial charge in [0.05, 0.1) is 5.56 Å². The van der Waals surface area contributed by atoms with E-state index in [2.05, 4.69) is 9.97 Å². The number of nitrogens with one attached hydrogen (secondary N) is 1. The number of ketones is 1. The fourth-order valence-corrected chi connectivity index (χ4v) is 2.53. The highest BCUT2D eigenvalue weighted by Crippen LogP contribution is 2.33. The molecule has 2 aromatic rings. The molecule has 0 radical (unpaired) electrons. The number of rotatable bonds is 4. The molecule has 1 aromatic heterocycles. The molecule has 1 aromatic carbocycles. The molecular weight excluding hydrogens is 321 g/mol. The Bertz CT molecular complexity index is 825.